The molecule has 0 amide bonds. The molecule has 0 spiro atoms. The molecule has 3 rings (SSSR count). The van der Waals surface area contributed by atoms with Crippen molar-refractivity contribution in [2.45, 2.75) is 38.3 Å². The van der Waals surface area contributed by atoms with Crippen LogP contribution in [0.2, 0.25) is 0 Å². The molecular weight excluding hydrogens is 256 g/mol. The third kappa shape index (κ3) is 2.96. The summed E-state index contributed by atoms with van der Waals surface area (Å²) in [5, 5.41) is 11.1. The summed E-state index contributed by atoms with van der Waals surface area (Å²) in [7, 11) is 0. The summed E-state index contributed by atoms with van der Waals surface area (Å²) in [6.45, 7) is 2.49. The van der Waals surface area contributed by atoms with Crippen LogP contribution >= 0.6 is 11.3 Å². The summed E-state index contributed by atoms with van der Waals surface area (Å²) >= 11 is 1.76. The quantitative estimate of drug-likeness (QED) is 0.912. The van der Waals surface area contributed by atoms with Gasteiger partial charge in [-0.2, -0.15) is 0 Å². The van der Waals surface area contributed by atoms with Gasteiger partial charge in [0.2, 0.25) is 0 Å². The average molecular weight is 276 g/mol. The smallest absolute Gasteiger partial charge is 0.0809 e. The van der Waals surface area contributed by atoms with Crippen LogP contribution in [0.15, 0.2) is 23.7 Å². The second-order valence-corrected chi connectivity index (χ2v) is 6.23. The van der Waals surface area contributed by atoms with E-state index in [0.717, 1.165) is 24.9 Å². The number of likely N-dealkylation sites (tertiary alicyclic amines) is 1. The lowest BCUT2D eigenvalue weighted by Crippen LogP contribution is -2.29. The first-order valence-electron chi connectivity index (χ1n) is 7.04. The van der Waals surface area contributed by atoms with Crippen LogP contribution < -0.4 is 0 Å². The number of hydrogen-bond donors (Lipinski definition) is 1. The predicted molar refractivity (Wildman–Crippen MR) is 79.4 cm³/mol. The third-order valence-corrected chi connectivity index (χ3v) is 4.79. The number of fused-ring (bicyclic) bond motifs is 1. The zero-order valence-corrected chi connectivity index (χ0v) is 11.9. The number of thiophene rings is 1. The molecule has 19 heavy (non-hydrogen) atoms. The van der Waals surface area contributed by atoms with E-state index >= 15 is 0 Å². The fourth-order valence-electron chi connectivity index (χ4n) is 2.97. The van der Waals surface area contributed by atoms with Crippen molar-refractivity contribution in [3.63, 3.8) is 0 Å². The Morgan fingerprint density at radius 2 is 2.42 bits per heavy atom. The molecule has 3 nitrogen and oxygen atoms in total. The lowest BCUT2D eigenvalue weighted by molar-refractivity contribution is 0.210. The van der Waals surface area contributed by atoms with Gasteiger partial charge in [0.15, 0.2) is 0 Å². The lowest BCUT2D eigenvalue weighted by Gasteiger charge is -2.24. The first-order chi connectivity index (χ1) is 9.36. The highest BCUT2D eigenvalue weighted by Gasteiger charge is 2.23. The topological polar surface area (TPSA) is 36.4 Å². The van der Waals surface area contributed by atoms with Crippen molar-refractivity contribution in [2.24, 2.45) is 0 Å². The molecule has 0 aliphatic carbocycles. The van der Waals surface area contributed by atoms with Crippen LogP contribution in [0, 0.1) is 0 Å². The second-order valence-electron chi connectivity index (χ2n) is 5.28. The molecule has 0 bridgehead atoms. The van der Waals surface area contributed by atoms with E-state index in [2.05, 4.69) is 27.4 Å². The molecule has 2 aromatic heterocycles. The standard InChI is InChI=1S/C15H20N2OS/c18-7-2-4-13-3-1-6-17(13)11-12-9-15-14(16-10-12)5-8-19-15/h5,8-10,13,18H,1-4,6-7,11H2. The Balaban J connectivity index is 1.69. The molecule has 1 N–H and O–H groups in total. The highest BCUT2D eigenvalue weighted by Crippen LogP contribution is 2.25. The van der Waals surface area contributed by atoms with Gasteiger partial charge < -0.3 is 5.11 Å². The number of aromatic nitrogens is 1. The Labute approximate surface area is 117 Å². The van der Waals surface area contributed by atoms with Crippen molar-refractivity contribution in [1.82, 2.24) is 9.88 Å². The van der Waals surface area contributed by atoms with Gasteiger partial charge in [-0.15, -0.1) is 11.3 Å². The molecule has 2 aromatic rings. The van der Waals surface area contributed by atoms with Crippen LogP contribution in [0.4, 0.5) is 0 Å². The SMILES string of the molecule is OCCCC1CCCN1Cc1cnc2ccsc2c1. The fraction of sp³-hybridized carbons (Fsp3) is 0.533. The Hall–Kier alpha value is -0.970. The van der Waals surface area contributed by atoms with Crippen LogP contribution in [0.1, 0.15) is 31.2 Å². The highest BCUT2D eigenvalue weighted by molar-refractivity contribution is 7.17. The van der Waals surface area contributed by atoms with Gasteiger partial charge in [0.25, 0.3) is 0 Å². The largest absolute Gasteiger partial charge is 0.396 e. The van der Waals surface area contributed by atoms with Gasteiger partial charge in [-0.3, -0.25) is 9.88 Å². The van der Waals surface area contributed by atoms with Gasteiger partial charge in [0.1, 0.15) is 0 Å². The molecular formula is C15H20N2OS. The number of hydrogen-bond acceptors (Lipinski definition) is 4. The van der Waals surface area contributed by atoms with Crippen molar-refractivity contribution in [1.29, 1.82) is 0 Å². The summed E-state index contributed by atoms with van der Waals surface area (Å²) in [6.07, 6.45) is 6.60. The Morgan fingerprint density at radius 3 is 3.32 bits per heavy atom. The second kappa shape index (κ2) is 5.99. The molecule has 3 heterocycles. The van der Waals surface area contributed by atoms with E-state index in [-0.39, 0.29) is 0 Å². The highest BCUT2D eigenvalue weighted by atomic mass is 32.1. The Bertz CT molecular complexity index is 540. The van der Waals surface area contributed by atoms with Crippen molar-refractivity contribution in [3.05, 3.63) is 29.3 Å². The summed E-state index contributed by atoms with van der Waals surface area (Å²) in [6, 6.07) is 4.99. The molecule has 102 valence electrons. The van der Waals surface area contributed by atoms with Crippen LogP contribution in [0.25, 0.3) is 10.2 Å². The maximum absolute atomic E-state index is 8.97. The summed E-state index contributed by atoms with van der Waals surface area (Å²) in [5.74, 6) is 0. The van der Waals surface area contributed by atoms with Crippen LogP contribution in [0.5, 0.6) is 0 Å². The molecule has 0 saturated carbocycles. The van der Waals surface area contributed by atoms with Gasteiger partial charge in [0, 0.05) is 25.4 Å². The van der Waals surface area contributed by atoms with Crippen LogP contribution in [-0.4, -0.2) is 34.2 Å². The minimum Gasteiger partial charge on any atom is -0.396 e. The molecule has 1 aliphatic rings. The molecule has 4 heteroatoms. The number of rotatable bonds is 5. The first-order valence-corrected chi connectivity index (χ1v) is 7.92. The summed E-state index contributed by atoms with van der Waals surface area (Å²) in [5.41, 5.74) is 2.41. The third-order valence-electron chi connectivity index (χ3n) is 3.94. The van der Waals surface area contributed by atoms with Gasteiger partial charge >= 0.3 is 0 Å². The van der Waals surface area contributed by atoms with E-state index < -0.39 is 0 Å². The molecule has 1 fully saturated rings. The van der Waals surface area contributed by atoms with Gasteiger partial charge in [-0.1, -0.05) is 0 Å². The number of aliphatic hydroxyl groups is 1. The minimum atomic E-state index is 0.313. The van der Waals surface area contributed by atoms with Crippen molar-refractivity contribution >= 4 is 21.6 Å². The van der Waals surface area contributed by atoms with Gasteiger partial charge in [0.05, 0.1) is 10.2 Å². The Kier molecular flexibility index (Phi) is 4.11. The van der Waals surface area contributed by atoms with Crippen molar-refractivity contribution < 1.29 is 5.11 Å². The fourth-order valence-corrected chi connectivity index (χ4v) is 3.77. The Morgan fingerprint density at radius 1 is 1.47 bits per heavy atom. The zero-order chi connectivity index (χ0) is 13.1. The molecule has 0 radical (unpaired) electrons. The van der Waals surface area contributed by atoms with Crippen LogP contribution in [-0.2, 0) is 6.54 Å². The molecule has 1 unspecified atom stereocenters. The normalized spacial score (nSPS) is 20.4. The van der Waals surface area contributed by atoms with Crippen LogP contribution in [0.3, 0.4) is 0 Å². The predicted octanol–water partition coefficient (Wildman–Crippen LogP) is 3.03. The van der Waals surface area contributed by atoms with E-state index in [1.807, 2.05) is 6.20 Å². The molecule has 0 aromatic carbocycles. The van der Waals surface area contributed by atoms with E-state index in [1.165, 1.54) is 29.6 Å². The summed E-state index contributed by atoms with van der Waals surface area (Å²) in [4.78, 5) is 7.06. The number of aliphatic hydroxyl groups excluding tert-OH is 1. The number of nitrogens with zero attached hydrogens (tertiary/aromatic N) is 2. The minimum absolute atomic E-state index is 0.313. The van der Waals surface area contributed by atoms with Gasteiger partial charge in [-0.25, -0.2) is 0 Å². The van der Waals surface area contributed by atoms with E-state index in [1.54, 1.807) is 11.3 Å². The van der Waals surface area contributed by atoms with E-state index in [0.29, 0.717) is 12.6 Å². The first kappa shape index (κ1) is 13.0. The molecule has 1 aliphatic heterocycles. The summed E-state index contributed by atoms with van der Waals surface area (Å²) < 4.78 is 1.28. The maximum atomic E-state index is 8.97. The van der Waals surface area contributed by atoms with E-state index in [9.17, 15) is 0 Å². The van der Waals surface area contributed by atoms with Crippen molar-refractivity contribution in [2.75, 3.05) is 13.2 Å². The maximum Gasteiger partial charge on any atom is 0.0809 e. The zero-order valence-electron chi connectivity index (χ0n) is 11.1. The van der Waals surface area contributed by atoms with Crippen molar-refractivity contribution in [3.8, 4) is 0 Å². The molecule has 1 saturated heterocycles. The molecule has 1 atom stereocenters. The number of pyridine rings is 1. The monoisotopic (exact) mass is 276 g/mol. The van der Waals surface area contributed by atoms with E-state index in [4.69, 9.17) is 5.11 Å². The lowest BCUT2D eigenvalue weighted by atomic mass is 10.1. The van der Waals surface area contributed by atoms with Gasteiger partial charge in [-0.05, 0) is 55.3 Å². The average Bonchev–Trinajstić information content (AvgIpc) is 3.05.